The molecule has 0 spiro atoms. The van der Waals surface area contributed by atoms with Crippen LogP contribution in [0.5, 0.6) is 5.75 Å². The van der Waals surface area contributed by atoms with Crippen molar-refractivity contribution in [1.82, 2.24) is 5.32 Å². The van der Waals surface area contributed by atoms with Gasteiger partial charge in [0.15, 0.2) is 0 Å². The number of hydrogen-bond acceptors (Lipinski definition) is 3. The van der Waals surface area contributed by atoms with Crippen LogP contribution in [0, 0.1) is 12.8 Å². The molecule has 1 atom stereocenters. The number of rotatable bonds is 4. The van der Waals surface area contributed by atoms with E-state index in [-0.39, 0.29) is 17.9 Å². The molecule has 0 saturated carbocycles. The summed E-state index contributed by atoms with van der Waals surface area (Å²) in [5.41, 5.74) is 2.18. The first-order valence-corrected chi connectivity index (χ1v) is 7.14. The Hall–Kier alpha value is -1.55. The highest BCUT2D eigenvalue weighted by Crippen LogP contribution is 2.26. The average Bonchev–Trinajstić information content (AvgIpc) is 2.48. The SMILES string of the molecule is COc1ccc(C)cc1[C@@H](C)NC(=O)C1CCOCC1. The summed E-state index contributed by atoms with van der Waals surface area (Å²) in [4.78, 5) is 12.3. The molecule has 110 valence electrons. The monoisotopic (exact) mass is 277 g/mol. The molecule has 2 rings (SSSR count). The van der Waals surface area contributed by atoms with Crippen LogP contribution in [0.4, 0.5) is 0 Å². The molecule has 1 aliphatic rings. The van der Waals surface area contributed by atoms with Gasteiger partial charge in [0, 0.05) is 24.7 Å². The molecular weight excluding hydrogens is 254 g/mol. The minimum absolute atomic E-state index is 0.0554. The van der Waals surface area contributed by atoms with E-state index in [9.17, 15) is 4.79 Å². The van der Waals surface area contributed by atoms with Crippen LogP contribution in [0.3, 0.4) is 0 Å². The van der Waals surface area contributed by atoms with Crippen LogP contribution in [0.2, 0.25) is 0 Å². The molecule has 1 heterocycles. The maximum Gasteiger partial charge on any atom is 0.223 e. The van der Waals surface area contributed by atoms with Gasteiger partial charge in [0.2, 0.25) is 5.91 Å². The second-order valence-electron chi connectivity index (χ2n) is 5.36. The van der Waals surface area contributed by atoms with Crippen molar-refractivity contribution in [3.63, 3.8) is 0 Å². The van der Waals surface area contributed by atoms with E-state index in [1.165, 1.54) is 0 Å². The van der Waals surface area contributed by atoms with Crippen molar-refractivity contribution in [2.24, 2.45) is 5.92 Å². The van der Waals surface area contributed by atoms with Gasteiger partial charge in [-0.2, -0.15) is 0 Å². The Morgan fingerprint density at radius 3 is 2.75 bits per heavy atom. The van der Waals surface area contributed by atoms with Gasteiger partial charge in [-0.25, -0.2) is 0 Å². The van der Waals surface area contributed by atoms with E-state index < -0.39 is 0 Å². The predicted molar refractivity (Wildman–Crippen MR) is 77.8 cm³/mol. The van der Waals surface area contributed by atoms with Crippen molar-refractivity contribution in [3.8, 4) is 5.75 Å². The first kappa shape index (κ1) is 14.9. The van der Waals surface area contributed by atoms with Gasteiger partial charge in [-0.05, 0) is 32.8 Å². The molecule has 0 aliphatic carbocycles. The number of hydrogen-bond donors (Lipinski definition) is 1. The molecule has 1 fully saturated rings. The van der Waals surface area contributed by atoms with Gasteiger partial charge in [0.1, 0.15) is 5.75 Å². The highest BCUT2D eigenvalue weighted by molar-refractivity contribution is 5.79. The fourth-order valence-electron chi connectivity index (χ4n) is 2.56. The van der Waals surface area contributed by atoms with Crippen LogP contribution in [-0.2, 0) is 9.53 Å². The van der Waals surface area contributed by atoms with E-state index in [1.54, 1.807) is 7.11 Å². The lowest BCUT2D eigenvalue weighted by Crippen LogP contribution is -2.35. The second kappa shape index (κ2) is 6.75. The number of amides is 1. The predicted octanol–water partition coefficient (Wildman–Crippen LogP) is 2.61. The van der Waals surface area contributed by atoms with Crippen LogP contribution >= 0.6 is 0 Å². The minimum Gasteiger partial charge on any atom is -0.496 e. The Kier molecular flexibility index (Phi) is 5.01. The number of carbonyl (C=O) groups is 1. The number of carbonyl (C=O) groups excluding carboxylic acids is 1. The number of aryl methyl sites for hydroxylation is 1. The quantitative estimate of drug-likeness (QED) is 0.920. The molecule has 1 amide bonds. The number of methoxy groups -OCH3 is 1. The van der Waals surface area contributed by atoms with Crippen LogP contribution in [0.1, 0.15) is 36.9 Å². The molecule has 1 aromatic rings. The molecule has 0 bridgehead atoms. The lowest BCUT2D eigenvalue weighted by atomic mass is 9.98. The Morgan fingerprint density at radius 2 is 2.10 bits per heavy atom. The van der Waals surface area contributed by atoms with Crippen molar-refractivity contribution in [2.45, 2.75) is 32.7 Å². The Balaban J connectivity index is 2.05. The van der Waals surface area contributed by atoms with Gasteiger partial charge in [0.25, 0.3) is 0 Å². The number of nitrogens with one attached hydrogen (secondary N) is 1. The summed E-state index contributed by atoms with van der Waals surface area (Å²) in [6, 6.07) is 5.96. The topological polar surface area (TPSA) is 47.6 Å². The Bertz CT molecular complexity index is 467. The van der Waals surface area contributed by atoms with E-state index in [2.05, 4.69) is 11.4 Å². The smallest absolute Gasteiger partial charge is 0.223 e. The van der Waals surface area contributed by atoms with E-state index in [0.717, 1.165) is 29.7 Å². The van der Waals surface area contributed by atoms with E-state index in [4.69, 9.17) is 9.47 Å². The third-order valence-corrected chi connectivity index (χ3v) is 3.80. The lowest BCUT2D eigenvalue weighted by Gasteiger charge is -2.24. The van der Waals surface area contributed by atoms with Gasteiger partial charge >= 0.3 is 0 Å². The van der Waals surface area contributed by atoms with Gasteiger partial charge in [-0.1, -0.05) is 17.7 Å². The molecule has 0 unspecified atom stereocenters. The summed E-state index contributed by atoms with van der Waals surface area (Å²) in [5, 5.41) is 3.09. The summed E-state index contributed by atoms with van der Waals surface area (Å²) in [5.74, 6) is 1.00. The van der Waals surface area contributed by atoms with Gasteiger partial charge in [0.05, 0.1) is 13.2 Å². The van der Waals surface area contributed by atoms with Crippen molar-refractivity contribution in [3.05, 3.63) is 29.3 Å². The minimum atomic E-state index is -0.0554. The summed E-state index contributed by atoms with van der Waals surface area (Å²) < 4.78 is 10.7. The van der Waals surface area contributed by atoms with E-state index in [1.807, 2.05) is 26.0 Å². The summed E-state index contributed by atoms with van der Waals surface area (Å²) in [7, 11) is 1.65. The third-order valence-electron chi connectivity index (χ3n) is 3.80. The average molecular weight is 277 g/mol. The van der Waals surface area contributed by atoms with Crippen LogP contribution < -0.4 is 10.1 Å². The van der Waals surface area contributed by atoms with Crippen molar-refractivity contribution >= 4 is 5.91 Å². The molecule has 20 heavy (non-hydrogen) atoms. The van der Waals surface area contributed by atoms with Crippen LogP contribution in [0.25, 0.3) is 0 Å². The Labute approximate surface area is 120 Å². The highest BCUT2D eigenvalue weighted by Gasteiger charge is 2.23. The first-order valence-electron chi connectivity index (χ1n) is 7.14. The normalized spacial score (nSPS) is 17.6. The van der Waals surface area contributed by atoms with E-state index >= 15 is 0 Å². The maximum absolute atomic E-state index is 12.3. The molecular formula is C16H23NO3. The fourth-order valence-corrected chi connectivity index (χ4v) is 2.56. The zero-order chi connectivity index (χ0) is 14.5. The van der Waals surface area contributed by atoms with Gasteiger partial charge < -0.3 is 14.8 Å². The van der Waals surface area contributed by atoms with Gasteiger partial charge in [-0.15, -0.1) is 0 Å². The maximum atomic E-state index is 12.3. The fraction of sp³-hybridized carbons (Fsp3) is 0.562. The molecule has 0 aromatic heterocycles. The van der Waals surface area contributed by atoms with Crippen molar-refractivity contribution in [2.75, 3.05) is 20.3 Å². The summed E-state index contributed by atoms with van der Waals surface area (Å²) in [6.45, 7) is 5.39. The first-order chi connectivity index (χ1) is 9.61. The second-order valence-corrected chi connectivity index (χ2v) is 5.36. The van der Waals surface area contributed by atoms with Crippen LogP contribution in [-0.4, -0.2) is 26.2 Å². The largest absolute Gasteiger partial charge is 0.496 e. The zero-order valence-corrected chi connectivity index (χ0v) is 12.4. The Morgan fingerprint density at radius 1 is 1.40 bits per heavy atom. The zero-order valence-electron chi connectivity index (χ0n) is 12.4. The van der Waals surface area contributed by atoms with Crippen molar-refractivity contribution in [1.29, 1.82) is 0 Å². The molecule has 1 aliphatic heterocycles. The van der Waals surface area contributed by atoms with E-state index in [0.29, 0.717) is 13.2 Å². The molecule has 4 heteroatoms. The standard InChI is InChI=1S/C16H23NO3/c1-11-4-5-15(19-3)14(10-11)12(2)17-16(18)13-6-8-20-9-7-13/h4-5,10,12-13H,6-9H2,1-3H3,(H,17,18)/t12-/m1/s1. The molecule has 1 saturated heterocycles. The molecule has 4 nitrogen and oxygen atoms in total. The number of benzene rings is 1. The molecule has 1 N–H and O–H groups in total. The van der Waals surface area contributed by atoms with Crippen molar-refractivity contribution < 1.29 is 14.3 Å². The third kappa shape index (κ3) is 3.51. The highest BCUT2D eigenvalue weighted by atomic mass is 16.5. The molecule has 0 radical (unpaired) electrons. The summed E-state index contributed by atoms with van der Waals surface area (Å²) in [6.07, 6.45) is 1.62. The van der Waals surface area contributed by atoms with Crippen LogP contribution in [0.15, 0.2) is 18.2 Å². The molecule has 1 aromatic carbocycles. The lowest BCUT2D eigenvalue weighted by molar-refractivity contribution is -0.128. The summed E-state index contributed by atoms with van der Waals surface area (Å²) >= 11 is 0. The van der Waals surface area contributed by atoms with Gasteiger partial charge in [-0.3, -0.25) is 4.79 Å². The number of ether oxygens (including phenoxy) is 2.